The van der Waals surface area contributed by atoms with Gasteiger partial charge in [-0.1, -0.05) is 58.4 Å². The second kappa shape index (κ2) is 5.17. The number of carbonyl (C=O) groups excluding carboxylic acids is 1. The van der Waals surface area contributed by atoms with Crippen LogP contribution in [-0.4, -0.2) is 5.97 Å². The molecule has 1 unspecified atom stereocenters. The molecule has 0 saturated carbocycles. The van der Waals surface area contributed by atoms with Gasteiger partial charge in [0, 0.05) is 10.4 Å². The Kier molecular flexibility index (Phi) is 3.38. The van der Waals surface area contributed by atoms with Crippen molar-refractivity contribution in [1.82, 2.24) is 0 Å². The highest BCUT2D eigenvalue weighted by Crippen LogP contribution is 2.42. The van der Waals surface area contributed by atoms with E-state index in [9.17, 15) is 4.79 Å². The summed E-state index contributed by atoms with van der Waals surface area (Å²) in [6.45, 7) is 0. The summed E-state index contributed by atoms with van der Waals surface area (Å²) in [5.74, 6) is -0.0170. The summed E-state index contributed by atoms with van der Waals surface area (Å²) in [4.78, 5) is 11.6. The highest BCUT2D eigenvalue weighted by atomic mass is 79.9. The summed E-state index contributed by atoms with van der Waals surface area (Å²) >= 11 is 3.42. The van der Waals surface area contributed by atoms with E-state index in [1.807, 2.05) is 42.5 Å². The van der Waals surface area contributed by atoms with Crippen LogP contribution in [0.5, 0.6) is 0 Å². The average molecular weight is 317 g/mol. The van der Waals surface area contributed by atoms with Gasteiger partial charge in [0.15, 0.2) is 0 Å². The van der Waals surface area contributed by atoms with Crippen LogP contribution >= 0.6 is 15.9 Å². The van der Waals surface area contributed by atoms with E-state index in [4.69, 9.17) is 4.74 Å². The first-order valence-electron chi connectivity index (χ1n) is 6.24. The number of halogens is 1. The van der Waals surface area contributed by atoms with E-state index in [1.54, 1.807) is 0 Å². The van der Waals surface area contributed by atoms with Crippen LogP contribution in [0, 0.1) is 0 Å². The zero-order valence-corrected chi connectivity index (χ0v) is 11.8. The number of ether oxygens (including phenoxy) is 1. The van der Waals surface area contributed by atoms with Crippen LogP contribution in [-0.2, 0) is 9.53 Å². The van der Waals surface area contributed by atoms with Crippen molar-refractivity contribution in [2.24, 2.45) is 0 Å². The number of cyclic esters (lactones) is 1. The van der Waals surface area contributed by atoms with Crippen molar-refractivity contribution >= 4 is 21.9 Å². The fraction of sp³-hybridized carbons (Fsp3) is 0.188. The highest BCUT2D eigenvalue weighted by Gasteiger charge is 2.36. The van der Waals surface area contributed by atoms with Crippen LogP contribution in [0.25, 0.3) is 0 Å². The van der Waals surface area contributed by atoms with Gasteiger partial charge in [-0.25, -0.2) is 0 Å². The maximum absolute atomic E-state index is 11.6. The summed E-state index contributed by atoms with van der Waals surface area (Å²) < 4.78 is 6.52. The van der Waals surface area contributed by atoms with Crippen molar-refractivity contribution in [3.63, 3.8) is 0 Å². The molecule has 0 aliphatic carbocycles. The maximum atomic E-state index is 11.6. The average Bonchev–Trinajstić information content (AvgIpc) is 2.83. The molecular weight excluding hydrogens is 304 g/mol. The topological polar surface area (TPSA) is 26.3 Å². The molecule has 3 heteroatoms. The fourth-order valence-corrected chi connectivity index (χ4v) is 2.77. The molecule has 0 aromatic heterocycles. The Balaban J connectivity index is 1.95. The lowest BCUT2D eigenvalue weighted by molar-refractivity contribution is -0.141. The molecular formula is C16H13BrO2. The van der Waals surface area contributed by atoms with Gasteiger partial charge in [0.2, 0.25) is 0 Å². The third kappa shape index (κ3) is 2.56. The molecule has 0 amide bonds. The SMILES string of the molecule is O=C1C[C@H](c2ccccc2)C(c2ccc(Br)cc2)O1. The lowest BCUT2D eigenvalue weighted by Gasteiger charge is -2.18. The third-order valence-corrected chi connectivity index (χ3v) is 3.97. The Bertz CT molecular complexity index is 577. The van der Waals surface area contributed by atoms with E-state index in [0.717, 1.165) is 15.6 Å². The Morgan fingerprint density at radius 3 is 2.32 bits per heavy atom. The second-order valence-electron chi connectivity index (χ2n) is 4.68. The van der Waals surface area contributed by atoms with Gasteiger partial charge in [0.05, 0.1) is 6.42 Å². The zero-order valence-electron chi connectivity index (χ0n) is 10.3. The Morgan fingerprint density at radius 1 is 0.947 bits per heavy atom. The number of carbonyl (C=O) groups is 1. The van der Waals surface area contributed by atoms with Crippen molar-refractivity contribution in [2.75, 3.05) is 0 Å². The molecule has 1 aliphatic rings. The molecule has 96 valence electrons. The van der Waals surface area contributed by atoms with E-state index >= 15 is 0 Å². The number of hydrogen-bond acceptors (Lipinski definition) is 2. The quantitative estimate of drug-likeness (QED) is 0.775. The van der Waals surface area contributed by atoms with Crippen LogP contribution in [0.3, 0.4) is 0 Å². The van der Waals surface area contributed by atoms with Crippen LogP contribution < -0.4 is 0 Å². The summed E-state index contributed by atoms with van der Waals surface area (Å²) in [6.07, 6.45) is 0.271. The predicted octanol–water partition coefficient (Wildman–Crippen LogP) is 4.22. The van der Waals surface area contributed by atoms with Gasteiger partial charge in [0.1, 0.15) is 6.10 Å². The van der Waals surface area contributed by atoms with E-state index in [2.05, 4.69) is 28.1 Å². The second-order valence-corrected chi connectivity index (χ2v) is 5.60. The molecule has 2 aromatic carbocycles. The van der Waals surface area contributed by atoms with E-state index < -0.39 is 0 Å². The fourth-order valence-electron chi connectivity index (χ4n) is 2.50. The van der Waals surface area contributed by atoms with Gasteiger partial charge < -0.3 is 4.74 Å². The minimum Gasteiger partial charge on any atom is -0.457 e. The van der Waals surface area contributed by atoms with Gasteiger partial charge in [-0.05, 0) is 23.3 Å². The molecule has 2 aromatic rings. The van der Waals surface area contributed by atoms with Crippen molar-refractivity contribution in [3.8, 4) is 0 Å². The Hall–Kier alpha value is -1.61. The van der Waals surface area contributed by atoms with Crippen LogP contribution in [0.4, 0.5) is 0 Å². The molecule has 0 spiro atoms. The molecule has 0 radical (unpaired) electrons. The standard InChI is InChI=1S/C16H13BrO2/c17-13-8-6-12(7-9-13)16-14(10-15(18)19-16)11-4-2-1-3-5-11/h1-9,14,16H,10H2/t14-,16?/m1/s1. The Morgan fingerprint density at radius 2 is 1.63 bits per heavy atom. The number of hydrogen-bond donors (Lipinski definition) is 0. The summed E-state index contributed by atoms with van der Waals surface area (Å²) in [7, 11) is 0. The van der Waals surface area contributed by atoms with Gasteiger partial charge in [-0.2, -0.15) is 0 Å². The third-order valence-electron chi connectivity index (χ3n) is 3.44. The van der Waals surface area contributed by atoms with Gasteiger partial charge >= 0.3 is 5.97 Å². The van der Waals surface area contributed by atoms with Crippen LogP contribution in [0.1, 0.15) is 29.6 Å². The van der Waals surface area contributed by atoms with Crippen molar-refractivity contribution in [1.29, 1.82) is 0 Å². The van der Waals surface area contributed by atoms with Crippen molar-refractivity contribution in [3.05, 3.63) is 70.2 Å². The zero-order chi connectivity index (χ0) is 13.2. The van der Waals surface area contributed by atoms with Crippen LogP contribution in [0.15, 0.2) is 59.1 Å². The minimum absolute atomic E-state index is 0.106. The summed E-state index contributed by atoms with van der Waals surface area (Å²) in [5.41, 5.74) is 2.20. The van der Waals surface area contributed by atoms with E-state index in [1.165, 1.54) is 0 Å². The Labute approximate surface area is 120 Å². The predicted molar refractivity (Wildman–Crippen MR) is 76.8 cm³/mol. The number of benzene rings is 2. The molecule has 0 bridgehead atoms. The highest BCUT2D eigenvalue weighted by molar-refractivity contribution is 9.10. The van der Waals surface area contributed by atoms with E-state index in [0.29, 0.717) is 6.42 Å². The number of esters is 1. The first-order chi connectivity index (χ1) is 9.24. The lowest BCUT2D eigenvalue weighted by Crippen LogP contribution is -2.06. The minimum atomic E-state index is -0.178. The van der Waals surface area contributed by atoms with Gasteiger partial charge in [-0.3, -0.25) is 4.79 Å². The normalized spacial score (nSPS) is 22.3. The first-order valence-corrected chi connectivity index (χ1v) is 7.03. The van der Waals surface area contributed by atoms with Crippen LogP contribution in [0.2, 0.25) is 0 Å². The van der Waals surface area contributed by atoms with Crippen molar-refractivity contribution in [2.45, 2.75) is 18.4 Å². The number of rotatable bonds is 2. The molecule has 2 nitrogen and oxygen atoms in total. The molecule has 1 heterocycles. The summed E-state index contributed by atoms with van der Waals surface area (Å²) in [5, 5.41) is 0. The molecule has 2 atom stereocenters. The van der Waals surface area contributed by atoms with Gasteiger partial charge in [0.25, 0.3) is 0 Å². The lowest BCUT2D eigenvalue weighted by atomic mass is 9.89. The van der Waals surface area contributed by atoms with Gasteiger partial charge in [-0.15, -0.1) is 0 Å². The molecule has 1 saturated heterocycles. The summed E-state index contributed by atoms with van der Waals surface area (Å²) in [6, 6.07) is 18.0. The molecule has 19 heavy (non-hydrogen) atoms. The van der Waals surface area contributed by atoms with Crippen molar-refractivity contribution < 1.29 is 9.53 Å². The molecule has 0 N–H and O–H groups in total. The smallest absolute Gasteiger partial charge is 0.307 e. The largest absolute Gasteiger partial charge is 0.457 e. The first kappa shape index (κ1) is 12.4. The maximum Gasteiger partial charge on any atom is 0.307 e. The molecule has 3 rings (SSSR count). The monoisotopic (exact) mass is 316 g/mol. The van der Waals surface area contributed by atoms with E-state index in [-0.39, 0.29) is 18.0 Å². The molecule has 1 aliphatic heterocycles. The molecule has 1 fully saturated rings.